The lowest BCUT2D eigenvalue weighted by Crippen LogP contribution is -2.07. The number of para-hydroxylation sites is 1. The summed E-state index contributed by atoms with van der Waals surface area (Å²) in [5, 5.41) is 4.42. The first-order valence-corrected chi connectivity index (χ1v) is 8.69. The number of carbonyl (C=O) groups excluding carboxylic acids is 1. The van der Waals surface area contributed by atoms with Crippen molar-refractivity contribution in [2.75, 3.05) is 6.61 Å². The molecule has 0 spiro atoms. The Balaban J connectivity index is 1.93. The second-order valence-corrected chi connectivity index (χ2v) is 6.05. The van der Waals surface area contributed by atoms with Gasteiger partial charge in [0, 0.05) is 18.0 Å². The van der Waals surface area contributed by atoms with Crippen LogP contribution in [-0.2, 0) is 4.74 Å². The van der Waals surface area contributed by atoms with Gasteiger partial charge < -0.3 is 9.72 Å². The zero-order valence-corrected chi connectivity index (χ0v) is 15.1. The highest BCUT2D eigenvalue weighted by Gasteiger charge is 2.21. The highest BCUT2D eigenvalue weighted by atomic mass is 19.1. The number of hydrogen-bond acceptors (Lipinski definition) is 5. The molecular formula is C20H14F2N4O3. The Hall–Kier alpha value is -3.88. The molecule has 3 aromatic heterocycles. The van der Waals surface area contributed by atoms with Crippen LogP contribution in [0.5, 0.6) is 0 Å². The minimum atomic E-state index is -0.822. The largest absolute Gasteiger partial charge is 0.461 e. The predicted octanol–water partition coefficient (Wildman–Crippen LogP) is 3.23. The quantitative estimate of drug-likeness (QED) is 0.535. The van der Waals surface area contributed by atoms with Gasteiger partial charge in [0.1, 0.15) is 17.1 Å². The molecule has 0 fully saturated rings. The standard InChI is InChI=1S/C20H14F2N4O3/c1-2-29-20(28)14-7-6-11(10-24-14)17-16-15(8-9-23-19(16)27)26(25-17)18-12(21)4-3-5-13(18)22/h3-10H,2H2,1H3,(H,23,27). The number of nitrogens with one attached hydrogen (secondary N) is 1. The van der Waals surface area contributed by atoms with Crippen LogP contribution in [0.15, 0.2) is 53.6 Å². The van der Waals surface area contributed by atoms with Crippen LogP contribution >= 0.6 is 0 Å². The van der Waals surface area contributed by atoms with Gasteiger partial charge in [0.15, 0.2) is 11.6 Å². The molecule has 4 rings (SSSR count). The monoisotopic (exact) mass is 396 g/mol. The van der Waals surface area contributed by atoms with Crippen molar-refractivity contribution in [2.45, 2.75) is 6.92 Å². The lowest BCUT2D eigenvalue weighted by Gasteiger charge is -2.06. The van der Waals surface area contributed by atoms with Crippen LogP contribution in [0.2, 0.25) is 0 Å². The van der Waals surface area contributed by atoms with Crippen molar-refractivity contribution >= 4 is 16.9 Å². The molecule has 0 saturated heterocycles. The fourth-order valence-electron chi connectivity index (χ4n) is 3.00. The van der Waals surface area contributed by atoms with Crippen LogP contribution in [0.3, 0.4) is 0 Å². The fraction of sp³-hybridized carbons (Fsp3) is 0.100. The minimum absolute atomic E-state index is 0.0911. The van der Waals surface area contributed by atoms with E-state index in [0.29, 0.717) is 5.56 Å². The number of benzene rings is 1. The third kappa shape index (κ3) is 3.16. The van der Waals surface area contributed by atoms with Crippen molar-refractivity contribution in [2.24, 2.45) is 0 Å². The summed E-state index contributed by atoms with van der Waals surface area (Å²) in [6.45, 7) is 1.89. The third-order valence-electron chi connectivity index (χ3n) is 4.27. The minimum Gasteiger partial charge on any atom is -0.461 e. The molecule has 1 N–H and O–H groups in total. The van der Waals surface area contributed by atoms with Crippen molar-refractivity contribution in [3.8, 4) is 16.9 Å². The summed E-state index contributed by atoms with van der Waals surface area (Å²) in [4.78, 5) is 30.8. The van der Waals surface area contributed by atoms with E-state index in [2.05, 4.69) is 15.1 Å². The Morgan fingerprint density at radius 2 is 1.93 bits per heavy atom. The van der Waals surface area contributed by atoms with Crippen LogP contribution in [0.4, 0.5) is 8.78 Å². The molecule has 0 bridgehead atoms. The van der Waals surface area contributed by atoms with Gasteiger partial charge in [-0.3, -0.25) is 4.79 Å². The van der Waals surface area contributed by atoms with E-state index in [4.69, 9.17) is 4.74 Å². The molecule has 0 unspecified atom stereocenters. The van der Waals surface area contributed by atoms with E-state index < -0.39 is 28.9 Å². The fourth-order valence-corrected chi connectivity index (χ4v) is 3.00. The Kier molecular flexibility index (Phi) is 4.63. The number of pyridine rings is 2. The van der Waals surface area contributed by atoms with Crippen molar-refractivity contribution in [3.63, 3.8) is 0 Å². The maximum Gasteiger partial charge on any atom is 0.356 e. The van der Waals surface area contributed by atoms with E-state index in [1.165, 1.54) is 36.7 Å². The van der Waals surface area contributed by atoms with Crippen LogP contribution in [-0.4, -0.2) is 32.3 Å². The first-order valence-electron chi connectivity index (χ1n) is 8.69. The molecule has 0 aliphatic carbocycles. The second kappa shape index (κ2) is 7.27. The number of hydrogen-bond donors (Lipinski definition) is 1. The normalized spacial score (nSPS) is 11.0. The molecule has 29 heavy (non-hydrogen) atoms. The van der Waals surface area contributed by atoms with E-state index in [0.717, 1.165) is 16.8 Å². The highest BCUT2D eigenvalue weighted by Crippen LogP contribution is 2.29. The number of rotatable bonds is 4. The van der Waals surface area contributed by atoms with Crippen molar-refractivity contribution in [3.05, 3.63) is 76.5 Å². The zero-order chi connectivity index (χ0) is 20.5. The summed E-state index contributed by atoms with van der Waals surface area (Å²) in [7, 11) is 0. The molecule has 0 aliphatic heterocycles. The first kappa shape index (κ1) is 18.5. The average molecular weight is 396 g/mol. The maximum absolute atomic E-state index is 14.3. The zero-order valence-electron chi connectivity index (χ0n) is 15.1. The lowest BCUT2D eigenvalue weighted by atomic mass is 10.1. The molecule has 7 nitrogen and oxygen atoms in total. The Bertz CT molecular complexity index is 1260. The van der Waals surface area contributed by atoms with Gasteiger partial charge in [0.25, 0.3) is 5.56 Å². The summed E-state index contributed by atoms with van der Waals surface area (Å²) in [6.07, 6.45) is 2.72. The molecular weight excluding hydrogens is 382 g/mol. The van der Waals surface area contributed by atoms with E-state index in [9.17, 15) is 18.4 Å². The molecule has 146 valence electrons. The number of esters is 1. The maximum atomic E-state index is 14.3. The molecule has 3 heterocycles. The number of aromatic amines is 1. The number of nitrogens with zero attached hydrogens (tertiary/aromatic N) is 3. The van der Waals surface area contributed by atoms with E-state index in [1.807, 2.05) is 0 Å². The van der Waals surface area contributed by atoms with Crippen molar-refractivity contribution < 1.29 is 18.3 Å². The van der Waals surface area contributed by atoms with Gasteiger partial charge in [-0.05, 0) is 37.3 Å². The molecule has 0 radical (unpaired) electrons. The number of aromatic nitrogens is 4. The smallest absolute Gasteiger partial charge is 0.356 e. The SMILES string of the molecule is CCOC(=O)c1ccc(-c2nn(-c3c(F)cccc3F)c3cc[nH]c(=O)c23)cn1. The van der Waals surface area contributed by atoms with Gasteiger partial charge in [0.2, 0.25) is 0 Å². The first-order chi connectivity index (χ1) is 14.0. The van der Waals surface area contributed by atoms with E-state index >= 15 is 0 Å². The van der Waals surface area contributed by atoms with Crippen molar-refractivity contribution in [1.29, 1.82) is 0 Å². The van der Waals surface area contributed by atoms with Gasteiger partial charge in [-0.25, -0.2) is 23.2 Å². The van der Waals surface area contributed by atoms with Gasteiger partial charge in [0.05, 0.1) is 17.5 Å². The molecule has 0 atom stereocenters. The van der Waals surface area contributed by atoms with Crippen LogP contribution in [0.25, 0.3) is 27.8 Å². The van der Waals surface area contributed by atoms with Gasteiger partial charge in [-0.1, -0.05) is 6.07 Å². The highest BCUT2D eigenvalue weighted by molar-refractivity contribution is 5.94. The molecule has 1 aromatic carbocycles. The van der Waals surface area contributed by atoms with Crippen LogP contribution < -0.4 is 5.56 Å². The number of halogens is 2. The average Bonchev–Trinajstić information content (AvgIpc) is 3.09. The van der Waals surface area contributed by atoms with E-state index in [-0.39, 0.29) is 28.9 Å². The molecule has 9 heteroatoms. The Labute approximate surface area is 162 Å². The summed E-state index contributed by atoms with van der Waals surface area (Å²) in [5.41, 5.74) is 0.0127. The van der Waals surface area contributed by atoms with Gasteiger partial charge >= 0.3 is 5.97 Å². The molecule has 4 aromatic rings. The summed E-state index contributed by atoms with van der Waals surface area (Å²) < 4.78 is 34.6. The molecule has 0 amide bonds. The number of carbonyl (C=O) groups is 1. The van der Waals surface area contributed by atoms with Crippen LogP contribution in [0, 0.1) is 11.6 Å². The molecule has 0 aliphatic rings. The lowest BCUT2D eigenvalue weighted by molar-refractivity contribution is 0.0519. The number of H-pyrrole nitrogens is 1. The third-order valence-corrected chi connectivity index (χ3v) is 4.27. The van der Waals surface area contributed by atoms with E-state index in [1.54, 1.807) is 6.92 Å². The van der Waals surface area contributed by atoms with Gasteiger partial charge in [-0.2, -0.15) is 5.10 Å². The van der Waals surface area contributed by atoms with Crippen molar-refractivity contribution in [1.82, 2.24) is 19.7 Å². The molecule has 0 saturated carbocycles. The predicted molar refractivity (Wildman–Crippen MR) is 101 cm³/mol. The van der Waals surface area contributed by atoms with Crippen LogP contribution in [0.1, 0.15) is 17.4 Å². The number of fused-ring (bicyclic) bond motifs is 1. The second-order valence-electron chi connectivity index (χ2n) is 6.05. The summed E-state index contributed by atoms with van der Waals surface area (Å²) >= 11 is 0. The Morgan fingerprint density at radius 3 is 2.59 bits per heavy atom. The van der Waals surface area contributed by atoms with Gasteiger partial charge in [-0.15, -0.1) is 0 Å². The summed E-state index contributed by atoms with van der Waals surface area (Å²) in [6, 6.07) is 7.92. The topological polar surface area (TPSA) is 89.9 Å². The Morgan fingerprint density at radius 1 is 1.17 bits per heavy atom. The number of ether oxygens (including phenoxy) is 1. The summed E-state index contributed by atoms with van der Waals surface area (Å²) in [5.74, 6) is -2.23.